The molecule has 0 aliphatic heterocycles. The Bertz CT molecular complexity index is 87.8. The molecular weight excluding hydrogens is 249 g/mol. The molecule has 0 aliphatic rings. The monoisotopic (exact) mass is 259 g/mol. The fourth-order valence-electron chi connectivity index (χ4n) is 0.502. The van der Waals surface area contributed by atoms with Gasteiger partial charge in [0, 0.05) is 0 Å². The van der Waals surface area contributed by atoms with Gasteiger partial charge in [-0.3, -0.25) is 0 Å². The van der Waals surface area contributed by atoms with Crippen molar-refractivity contribution < 1.29 is 27.8 Å². The van der Waals surface area contributed by atoms with Gasteiger partial charge in [-0.1, -0.05) is 0 Å². The molecule has 10 heavy (non-hydrogen) atoms. The van der Waals surface area contributed by atoms with Gasteiger partial charge in [0.25, 0.3) is 0 Å². The summed E-state index contributed by atoms with van der Waals surface area (Å²) in [6.45, 7) is 2.34. The SMILES string of the molecule is Br.CCOC(=O)CC[CH2][Zn]. The maximum atomic E-state index is 10.6. The Morgan fingerprint density at radius 3 is 2.60 bits per heavy atom. The van der Waals surface area contributed by atoms with Crippen molar-refractivity contribution in [3.05, 3.63) is 0 Å². The topological polar surface area (TPSA) is 26.3 Å². The van der Waals surface area contributed by atoms with E-state index in [0.717, 1.165) is 6.42 Å². The summed E-state index contributed by atoms with van der Waals surface area (Å²) in [5.74, 6) is -0.0500. The molecule has 0 N–H and O–H groups in total. The third kappa shape index (κ3) is 8.57. The van der Waals surface area contributed by atoms with Crippen LogP contribution in [-0.2, 0) is 27.8 Å². The van der Waals surface area contributed by atoms with Crippen molar-refractivity contribution in [3.63, 3.8) is 0 Å². The van der Waals surface area contributed by atoms with Gasteiger partial charge in [0.15, 0.2) is 0 Å². The van der Waals surface area contributed by atoms with Gasteiger partial charge in [-0.2, -0.15) is 0 Å². The van der Waals surface area contributed by atoms with Gasteiger partial charge in [0.2, 0.25) is 0 Å². The van der Waals surface area contributed by atoms with Gasteiger partial charge in [-0.25, -0.2) is 0 Å². The number of carbonyl (C=O) groups is 1. The molecule has 0 aromatic rings. The van der Waals surface area contributed by atoms with Crippen molar-refractivity contribution >= 4 is 23.0 Å². The summed E-state index contributed by atoms with van der Waals surface area (Å²) in [4.78, 5) is 10.6. The summed E-state index contributed by atoms with van der Waals surface area (Å²) in [5, 5.41) is 1.18. The van der Waals surface area contributed by atoms with Gasteiger partial charge in [0.05, 0.1) is 0 Å². The Labute approximate surface area is 82.2 Å². The van der Waals surface area contributed by atoms with E-state index in [1.807, 2.05) is 6.92 Å². The van der Waals surface area contributed by atoms with E-state index in [2.05, 4.69) is 0 Å². The number of esters is 1. The van der Waals surface area contributed by atoms with Crippen LogP contribution in [0, 0.1) is 0 Å². The van der Waals surface area contributed by atoms with Crippen LogP contribution in [0.25, 0.3) is 0 Å². The second-order valence-electron chi connectivity index (χ2n) is 1.76. The van der Waals surface area contributed by atoms with Crippen LogP contribution in [0.15, 0.2) is 0 Å². The predicted octanol–water partition coefficient (Wildman–Crippen LogP) is 1.87. The molecule has 0 fully saturated rings. The summed E-state index contributed by atoms with van der Waals surface area (Å²) in [5.41, 5.74) is 0. The average molecular weight is 261 g/mol. The molecule has 0 aromatic heterocycles. The molecule has 0 atom stereocenters. The van der Waals surface area contributed by atoms with Crippen LogP contribution in [0.4, 0.5) is 0 Å². The van der Waals surface area contributed by atoms with Crippen LogP contribution < -0.4 is 0 Å². The summed E-state index contributed by atoms with van der Waals surface area (Å²) in [6.07, 6.45) is 1.60. The summed E-state index contributed by atoms with van der Waals surface area (Å²) < 4.78 is 4.72. The van der Waals surface area contributed by atoms with E-state index in [9.17, 15) is 4.79 Å². The van der Waals surface area contributed by atoms with Crippen LogP contribution >= 0.6 is 17.0 Å². The molecule has 0 heterocycles. The number of ether oxygens (including phenoxy) is 1. The molecule has 0 bridgehead atoms. The molecule has 0 rings (SSSR count). The third-order valence-electron chi connectivity index (χ3n) is 0.936. The van der Waals surface area contributed by atoms with Crippen LogP contribution in [0.1, 0.15) is 19.8 Å². The minimum absolute atomic E-state index is 0. The van der Waals surface area contributed by atoms with E-state index < -0.39 is 0 Å². The van der Waals surface area contributed by atoms with Crippen molar-refractivity contribution in [2.75, 3.05) is 6.61 Å². The first-order valence-corrected chi connectivity index (χ1v) is 5.36. The fraction of sp³-hybridized carbons (Fsp3) is 0.833. The molecule has 4 heteroatoms. The van der Waals surface area contributed by atoms with Crippen LogP contribution in [0.2, 0.25) is 5.02 Å². The summed E-state index contributed by atoms with van der Waals surface area (Å²) in [7, 11) is 0. The molecule has 0 aromatic carbocycles. The number of hydrogen-bond acceptors (Lipinski definition) is 2. The van der Waals surface area contributed by atoms with Gasteiger partial charge in [0.1, 0.15) is 0 Å². The molecule has 0 aliphatic carbocycles. The van der Waals surface area contributed by atoms with E-state index in [1.165, 1.54) is 23.3 Å². The second-order valence-corrected chi connectivity index (χ2v) is 3.25. The molecule has 57 valence electrons. The van der Waals surface area contributed by atoms with Crippen molar-refractivity contribution in [1.82, 2.24) is 0 Å². The van der Waals surface area contributed by atoms with E-state index in [0.29, 0.717) is 13.0 Å². The first kappa shape index (κ1) is 13.2. The Morgan fingerprint density at radius 2 is 2.20 bits per heavy atom. The number of rotatable bonds is 4. The Kier molecular flexibility index (Phi) is 12.6. The molecule has 0 spiro atoms. The Balaban J connectivity index is 0. The number of halogens is 1. The van der Waals surface area contributed by atoms with Gasteiger partial charge >= 0.3 is 65.2 Å². The van der Waals surface area contributed by atoms with Gasteiger partial charge in [-0.05, 0) is 0 Å². The fourth-order valence-corrected chi connectivity index (χ4v) is 1.03. The normalized spacial score (nSPS) is 8.30. The Hall–Kier alpha value is 0.573. The second kappa shape index (κ2) is 9.57. The molecule has 0 unspecified atom stereocenters. The molecule has 0 saturated carbocycles. The zero-order valence-electron chi connectivity index (χ0n) is 6.26. The van der Waals surface area contributed by atoms with Crippen molar-refractivity contribution in [2.45, 2.75) is 24.8 Å². The third-order valence-corrected chi connectivity index (χ3v) is 1.99. The van der Waals surface area contributed by atoms with Crippen molar-refractivity contribution in [2.24, 2.45) is 0 Å². The van der Waals surface area contributed by atoms with E-state index >= 15 is 0 Å². The molecule has 2 nitrogen and oxygen atoms in total. The van der Waals surface area contributed by atoms with Crippen molar-refractivity contribution in [3.8, 4) is 0 Å². The zero-order chi connectivity index (χ0) is 7.11. The van der Waals surface area contributed by atoms with Crippen LogP contribution in [0.5, 0.6) is 0 Å². The average Bonchev–Trinajstić information content (AvgIpc) is 1.85. The standard InChI is InChI=1S/C6H11O2.BrH.Zn/c1-3-5-6(7)8-4-2;;/h1,3-5H2,2H3;1H;. The Morgan fingerprint density at radius 1 is 1.60 bits per heavy atom. The summed E-state index contributed by atoms with van der Waals surface area (Å²) in [6, 6.07) is 0. The molecule has 0 amide bonds. The first-order chi connectivity index (χ1) is 4.31. The summed E-state index contributed by atoms with van der Waals surface area (Å²) >= 11 is 1.28. The van der Waals surface area contributed by atoms with Crippen LogP contribution in [0.3, 0.4) is 0 Å². The van der Waals surface area contributed by atoms with Gasteiger partial charge < -0.3 is 0 Å². The minimum atomic E-state index is -0.0500. The van der Waals surface area contributed by atoms with Crippen molar-refractivity contribution in [1.29, 1.82) is 0 Å². The first-order valence-electron chi connectivity index (χ1n) is 3.26. The van der Waals surface area contributed by atoms with Gasteiger partial charge in [-0.15, -0.1) is 17.0 Å². The number of hydrogen-bond donors (Lipinski definition) is 0. The van der Waals surface area contributed by atoms with E-state index in [4.69, 9.17) is 4.74 Å². The molecule has 0 radical (unpaired) electrons. The van der Waals surface area contributed by atoms with E-state index in [-0.39, 0.29) is 23.0 Å². The van der Waals surface area contributed by atoms with E-state index in [1.54, 1.807) is 0 Å². The molecule has 0 saturated heterocycles. The molecular formula is C6H12BrO2Zn. The van der Waals surface area contributed by atoms with Crippen LogP contribution in [-0.4, -0.2) is 12.6 Å². The predicted molar refractivity (Wildman–Crippen MR) is 41.0 cm³/mol. The number of carbonyl (C=O) groups excluding carboxylic acids is 1. The zero-order valence-corrected chi connectivity index (χ0v) is 10.9. The maximum absolute atomic E-state index is 10.6. The quantitative estimate of drug-likeness (QED) is 0.570.